The van der Waals surface area contributed by atoms with E-state index in [1.807, 2.05) is 0 Å². The molecule has 0 bridgehead atoms. The highest BCUT2D eigenvalue weighted by Gasteiger charge is 2.23. The van der Waals surface area contributed by atoms with Gasteiger partial charge in [0.1, 0.15) is 12.1 Å². The van der Waals surface area contributed by atoms with Gasteiger partial charge in [0.15, 0.2) is 0 Å². The lowest BCUT2D eigenvalue weighted by molar-refractivity contribution is -0.142. The van der Waals surface area contributed by atoms with Crippen LogP contribution in [0, 0.1) is 0 Å². The van der Waals surface area contributed by atoms with Gasteiger partial charge in [-0.15, -0.1) is 0 Å². The summed E-state index contributed by atoms with van der Waals surface area (Å²) in [4.78, 5) is 67.7. The minimum atomic E-state index is -1.41. The smallest absolute Gasteiger partial charge is 0.326 e. The summed E-state index contributed by atoms with van der Waals surface area (Å²) in [6.45, 7) is 0. The summed E-state index contributed by atoms with van der Waals surface area (Å²) in [5, 5.41) is 39.7. The molecule has 2 atom stereocenters. The van der Waals surface area contributed by atoms with Crippen LogP contribution in [0.5, 0.6) is 0 Å². The maximum atomic E-state index is 12.1. The van der Waals surface area contributed by atoms with Crippen LogP contribution in [-0.4, -0.2) is 68.2 Å². The summed E-state index contributed by atoms with van der Waals surface area (Å²) in [5.74, 6) is -6.83. The highest BCUT2D eigenvalue weighted by Crippen LogP contribution is 2.08. The lowest BCUT2D eigenvalue weighted by Gasteiger charge is -2.15. The second-order valence-corrected chi connectivity index (χ2v) is 6.17. The SMILES string of the molecule is O=C(O)CC[C@@H](NC(=O)c1ccc(C(=O)N[C@H](CCC(=O)O)C(=O)O)cc1)C(=O)O. The molecule has 0 saturated heterocycles. The number of carboxylic acid groups (broad SMARTS) is 4. The molecule has 12 nitrogen and oxygen atoms in total. The van der Waals surface area contributed by atoms with Crippen LogP contribution in [0.1, 0.15) is 46.4 Å². The van der Waals surface area contributed by atoms with Crippen LogP contribution in [0.25, 0.3) is 0 Å². The summed E-state index contributed by atoms with van der Waals surface area (Å²) in [6, 6.07) is 1.98. The Morgan fingerprint density at radius 2 is 0.933 bits per heavy atom. The number of hydrogen-bond donors (Lipinski definition) is 6. The summed E-state index contributed by atoms with van der Waals surface area (Å²) >= 11 is 0. The molecular formula is C18H20N2O10. The number of carboxylic acids is 4. The van der Waals surface area contributed by atoms with Crippen LogP contribution in [0.15, 0.2) is 24.3 Å². The third kappa shape index (κ3) is 7.96. The zero-order chi connectivity index (χ0) is 22.8. The summed E-state index contributed by atoms with van der Waals surface area (Å²) in [6.07, 6.45) is -1.54. The summed E-state index contributed by atoms with van der Waals surface area (Å²) in [5.41, 5.74) is -0.0115. The van der Waals surface area contributed by atoms with Gasteiger partial charge in [-0.05, 0) is 37.1 Å². The van der Waals surface area contributed by atoms with E-state index in [-0.39, 0.29) is 24.0 Å². The highest BCUT2D eigenvalue weighted by atomic mass is 16.4. The van der Waals surface area contributed by atoms with Gasteiger partial charge in [-0.2, -0.15) is 0 Å². The molecule has 0 aliphatic carbocycles. The average Bonchev–Trinajstić information content (AvgIpc) is 2.67. The minimum absolute atomic E-state index is 0.00575. The standard InChI is InChI=1S/C18H20N2O10/c21-13(22)7-5-11(17(27)28)19-15(25)9-1-2-10(4-3-9)16(26)20-12(18(29)30)6-8-14(23)24/h1-4,11-12H,5-8H2,(H,19,25)(H,20,26)(H,21,22)(H,23,24)(H,27,28)(H,29,30)/t11-,12-/m1/s1. The predicted molar refractivity (Wildman–Crippen MR) is 98.0 cm³/mol. The Labute approximate surface area is 169 Å². The molecule has 1 aromatic carbocycles. The average molecular weight is 424 g/mol. The third-order valence-electron chi connectivity index (χ3n) is 3.91. The van der Waals surface area contributed by atoms with Crippen molar-refractivity contribution in [1.82, 2.24) is 10.6 Å². The fourth-order valence-corrected chi connectivity index (χ4v) is 2.31. The van der Waals surface area contributed by atoms with E-state index in [1.54, 1.807) is 0 Å². The van der Waals surface area contributed by atoms with Crippen molar-refractivity contribution < 1.29 is 49.2 Å². The van der Waals surface area contributed by atoms with Gasteiger partial charge in [0.25, 0.3) is 11.8 Å². The minimum Gasteiger partial charge on any atom is -0.481 e. The highest BCUT2D eigenvalue weighted by molar-refractivity contribution is 6.00. The predicted octanol–water partition coefficient (Wildman–Crippen LogP) is -0.218. The van der Waals surface area contributed by atoms with Crippen molar-refractivity contribution in [3.63, 3.8) is 0 Å². The molecule has 0 spiro atoms. The van der Waals surface area contributed by atoms with E-state index >= 15 is 0 Å². The lowest BCUT2D eigenvalue weighted by Crippen LogP contribution is -2.41. The first-order valence-corrected chi connectivity index (χ1v) is 8.62. The molecule has 0 radical (unpaired) electrons. The molecule has 1 aromatic rings. The first kappa shape index (κ1) is 24.1. The van der Waals surface area contributed by atoms with Gasteiger partial charge in [0.2, 0.25) is 0 Å². The van der Waals surface area contributed by atoms with E-state index in [0.29, 0.717) is 0 Å². The van der Waals surface area contributed by atoms with E-state index in [0.717, 1.165) is 0 Å². The van der Waals surface area contributed by atoms with Crippen LogP contribution in [0.3, 0.4) is 0 Å². The molecule has 12 heteroatoms. The van der Waals surface area contributed by atoms with Crippen molar-refractivity contribution >= 4 is 35.7 Å². The van der Waals surface area contributed by atoms with Gasteiger partial charge in [-0.3, -0.25) is 19.2 Å². The Hall–Kier alpha value is -3.96. The summed E-state index contributed by atoms with van der Waals surface area (Å²) < 4.78 is 0. The maximum Gasteiger partial charge on any atom is 0.326 e. The lowest BCUT2D eigenvalue weighted by atomic mass is 10.1. The number of rotatable bonds is 12. The van der Waals surface area contributed by atoms with E-state index in [1.165, 1.54) is 24.3 Å². The fraction of sp³-hybridized carbons (Fsp3) is 0.333. The van der Waals surface area contributed by atoms with Crippen molar-refractivity contribution in [3.8, 4) is 0 Å². The van der Waals surface area contributed by atoms with Crippen molar-refractivity contribution in [2.24, 2.45) is 0 Å². The monoisotopic (exact) mass is 424 g/mol. The zero-order valence-corrected chi connectivity index (χ0v) is 15.5. The zero-order valence-electron chi connectivity index (χ0n) is 15.5. The Morgan fingerprint density at radius 3 is 1.17 bits per heavy atom. The molecule has 0 unspecified atom stereocenters. The summed E-state index contributed by atoms with van der Waals surface area (Å²) in [7, 11) is 0. The van der Waals surface area contributed by atoms with E-state index in [9.17, 15) is 28.8 Å². The molecule has 2 amide bonds. The number of hydrogen-bond acceptors (Lipinski definition) is 6. The molecule has 0 aromatic heterocycles. The molecular weight excluding hydrogens is 404 g/mol. The first-order valence-electron chi connectivity index (χ1n) is 8.62. The molecule has 0 aliphatic heterocycles. The molecule has 162 valence electrons. The van der Waals surface area contributed by atoms with Crippen LogP contribution >= 0.6 is 0 Å². The van der Waals surface area contributed by atoms with Gasteiger partial charge >= 0.3 is 23.9 Å². The number of benzene rings is 1. The van der Waals surface area contributed by atoms with E-state index in [2.05, 4.69) is 10.6 Å². The van der Waals surface area contributed by atoms with Gasteiger partial charge in [0.05, 0.1) is 0 Å². The van der Waals surface area contributed by atoms with Crippen LogP contribution in [-0.2, 0) is 19.2 Å². The van der Waals surface area contributed by atoms with Gasteiger partial charge in [-0.25, -0.2) is 9.59 Å². The quantitative estimate of drug-likeness (QED) is 0.260. The number of carbonyl (C=O) groups excluding carboxylic acids is 2. The molecule has 0 fully saturated rings. The van der Waals surface area contributed by atoms with E-state index < -0.39 is 60.6 Å². The molecule has 0 saturated carbocycles. The van der Waals surface area contributed by atoms with Crippen LogP contribution in [0.4, 0.5) is 0 Å². The molecule has 6 N–H and O–H groups in total. The number of aliphatic carboxylic acids is 4. The van der Waals surface area contributed by atoms with E-state index in [4.69, 9.17) is 20.4 Å². The maximum absolute atomic E-state index is 12.1. The third-order valence-corrected chi connectivity index (χ3v) is 3.91. The van der Waals surface area contributed by atoms with Crippen molar-refractivity contribution in [2.75, 3.05) is 0 Å². The van der Waals surface area contributed by atoms with Crippen LogP contribution in [0.2, 0.25) is 0 Å². The fourth-order valence-electron chi connectivity index (χ4n) is 2.31. The molecule has 30 heavy (non-hydrogen) atoms. The number of amides is 2. The first-order chi connectivity index (χ1) is 14.0. The molecule has 1 rings (SSSR count). The Balaban J connectivity index is 2.78. The molecule has 0 heterocycles. The van der Waals surface area contributed by atoms with Crippen molar-refractivity contribution in [2.45, 2.75) is 37.8 Å². The normalized spacial score (nSPS) is 12.3. The number of carbonyl (C=O) groups is 6. The Kier molecular flexibility index (Phi) is 8.94. The topological polar surface area (TPSA) is 207 Å². The second kappa shape index (κ2) is 11.1. The van der Waals surface area contributed by atoms with Gasteiger partial charge < -0.3 is 31.1 Å². The Morgan fingerprint density at radius 1 is 0.633 bits per heavy atom. The van der Waals surface area contributed by atoms with Gasteiger partial charge in [0, 0.05) is 24.0 Å². The second-order valence-electron chi connectivity index (χ2n) is 6.17. The molecule has 0 aliphatic rings. The number of nitrogens with one attached hydrogen (secondary N) is 2. The van der Waals surface area contributed by atoms with Gasteiger partial charge in [-0.1, -0.05) is 0 Å². The largest absolute Gasteiger partial charge is 0.481 e. The van der Waals surface area contributed by atoms with Crippen LogP contribution < -0.4 is 10.6 Å². The van der Waals surface area contributed by atoms with Crippen molar-refractivity contribution in [3.05, 3.63) is 35.4 Å². The van der Waals surface area contributed by atoms with Crippen molar-refractivity contribution in [1.29, 1.82) is 0 Å². The Bertz CT molecular complexity index is 765.